The van der Waals surface area contributed by atoms with Crippen LogP contribution in [0.25, 0.3) is 16.5 Å². The summed E-state index contributed by atoms with van der Waals surface area (Å²) >= 11 is 0. The standard InChI is InChI=1S/C26H28F4N4O2S/c1-17(2)34-16-19-3-4-20(26(28,29)30)13-25(19)33(37(34,35)36)12-11-32-9-7-18(8-10-32)23-15-31-24-14-21(27)5-6-22(23)24/h3-7,13-15,17,31H,8-12,16H2,1-2H3. The van der Waals surface area contributed by atoms with Crippen LogP contribution < -0.4 is 4.31 Å². The average molecular weight is 537 g/mol. The fourth-order valence-electron chi connectivity index (χ4n) is 5.05. The van der Waals surface area contributed by atoms with Crippen molar-refractivity contribution in [1.29, 1.82) is 0 Å². The van der Waals surface area contributed by atoms with Crippen molar-refractivity contribution in [2.45, 2.75) is 39.0 Å². The van der Waals surface area contributed by atoms with Crippen LogP contribution in [0.4, 0.5) is 23.2 Å². The Balaban J connectivity index is 1.36. The molecular weight excluding hydrogens is 508 g/mol. The van der Waals surface area contributed by atoms with Gasteiger partial charge in [-0.15, -0.1) is 0 Å². The van der Waals surface area contributed by atoms with E-state index in [9.17, 15) is 26.0 Å². The number of fused-ring (bicyclic) bond motifs is 2. The monoisotopic (exact) mass is 536 g/mol. The third-order valence-electron chi connectivity index (χ3n) is 7.06. The molecule has 1 N–H and O–H groups in total. The number of hydrogen-bond donors (Lipinski definition) is 1. The maximum absolute atomic E-state index is 13.5. The van der Waals surface area contributed by atoms with Crippen LogP contribution >= 0.6 is 0 Å². The van der Waals surface area contributed by atoms with Crippen molar-refractivity contribution in [3.63, 3.8) is 0 Å². The zero-order chi connectivity index (χ0) is 26.5. The van der Waals surface area contributed by atoms with E-state index >= 15 is 0 Å². The van der Waals surface area contributed by atoms with E-state index in [1.165, 1.54) is 22.5 Å². The summed E-state index contributed by atoms with van der Waals surface area (Å²) in [6.07, 6.45) is 0.0732. The molecule has 0 atom stereocenters. The van der Waals surface area contributed by atoms with Crippen molar-refractivity contribution in [2.75, 3.05) is 30.5 Å². The number of aromatic nitrogens is 1. The van der Waals surface area contributed by atoms with Crippen LogP contribution in [0, 0.1) is 5.82 Å². The van der Waals surface area contributed by atoms with E-state index in [-0.39, 0.29) is 30.6 Å². The topological polar surface area (TPSA) is 59.6 Å². The van der Waals surface area contributed by atoms with Gasteiger partial charge in [0.15, 0.2) is 0 Å². The number of nitrogens with one attached hydrogen (secondary N) is 1. The Morgan fingerprint density at radius 1 is 1.08 bits per heavy atom. The van der Waals surface area contributed by atoms with Crippen LogP contribution in [-0.2, 0) is 22.9 Å². The van der Waals surface area contributed by atoms with Gasteiger partial charge in [-0.3, -0.25) is 9.21 Å². The van der Waals surface area contributed by atoms with E-state index in [4.69, 9.17) is 0 Å². The largest absolute Gasteiger partial charge is 0.416 e. The second-order valence-electron chi connectivity index (χ2n) is 9.73. The van der Waals surface area contributed by atoms with Gasteiger partial charge in [0, 0.05) is 61.4 Å². The van der Waals surface area contributed by atoms with Crippen LogP contribution in [-0.4, -0.2) is 54.8 Å². The van der Waals surface area contributed by atoms with E-state index in [2.05, 4.69) is 16.0 Å². The molecule has 198 valence electrons. The Morgan fingerprint density at radius 3 is 2.54 bits per heavy atom. The molecule has 11 heteroatoms. The smallest absolute Gasteiger partial charge is 0.360 e. The molecule has 0 amide bonds. The van der Waals surface area contributed by atoms with E-state index in [1.54, 1.807) is 19.9 Å². The number of aromatic amines is 1. The minimum absolute atomic E-state index is 0.0360. The number of benzene rings is 2. The van der Waals surface area contributed by atoms with E-state index < -0.39 is 21.9 Å². The summed E-state index contributed by atoms with van der Waals surface area (Å²) < 4.78 is 83.0. The number of alkyl halides is 3. The van der Waals surface area contributed by atoms with Gasteiger partial charge in [-0.1, -0.05) is 12.1 Å². The molecule has 0 fully saturated rings. The van der Waals surface area contributed by atoms with E-state index in [0.717, 1.165) is 38.5 Å². The van der Waals surface area contributed by atoms with Gasteiger partial charge in [0.05, 0.1) is 11.3 Å². The second kappa shape index (κ2) is 9.45. The molecule has 5 rings (SSSR count). The van der Waals surface area contributed by atoms with Gasteiger partial charge in [-0.05, 0) is 61.7 Å². The lowest BCUT2D eigenvalue weighted by Gasteiger charge is -2.40. The molecular formula is C26H28F4N4O2S. The van der Waals surface area contributed by atoms with Gasteiger partial charge < -0.3 is 4.98 Å². The average Bonchev–Trinajstić information content (AvgIpc) is 3.25. The minimum Gasteiger partial charge on any atom is -0.360 e. The molecule has 37 heavy (non-hydrogen) atoms. The maximum Gasteiger partial charge on any atom is 0.416 e. The van der Waals surface area contributed by atoms with Crippen molar-refractivity contribution in [3.8, 4) is 0 Å². The van der Waals surface area contributed by atoms with Crippen LogP contribution in [0.2, 0.25) is 0 Å². The fraction of sp³-hybridized carbons (Fsp3) is 0.385. The summed E-state index contributed by atoms with van der Waals surface area (Å²) in [5.41, 5.74) is 2.62. The predicted octanol–water partition coefficient (Wildman–Crippen LogP) is 5.39. The van der Waals surface area contributed by atoms with Crippen molar-refractivity contribution in [1.82, 2.24) is 14.2 Å². The molecule has 0 saturated heterocycles. The quantitative estimate of drug-likeness (QED) is 0.445. The first-order chi connectivity index (χ1) is 17.4. The van der Waals surface area contributed by atoms with Gasteiger partial charge >= 0.3 is 16.4 Å². The van der Waals surface area contributed by atoms with Gasteiger partial charge in [0.25, 0.3) is 0 Å². The first-order valence-corrected chi connectivity index (χ1v) is 13.5. The van der Waals surface area contributed by atoms with Gasteiger partial charge in [0.2, 0.25) is 0 Å². The molecule has 6 nitrogen and oxygen atoms in total. The van der Waals surface area contributed by atoms with Crippen molar-refractivity contribution in [3.05, 3.63) is 71.2 Å². The molecule has 0 saturated carbocycles. The van der Waals surface area contributed by atoms with Gasteiger partial charge in [-0.2, -0.15) is 25.9 Å². The first kappa shape index (κ1) is 25.7. The van der Waals surface area contributed by atoms with E-state index in [1.807, 2.05) is 6.20 Å². The fourth-order valence-corrected chi connectivity index (χ4v) is 6.87. The molecule has 0 radical (unpaired) electrons. The molecule has 3 heterocycles. The summed E-state index contributed by atoms with van der Waals surface area (Å²) in [5.74, 6) is -0.308. The van der Waals surface area contributed by atoms with Gasteiger partial charge in [-0.25, -0.2) is 4.39 Å². The number of anilines is 1. The number of rotatable bonds is 5. The van der Waals surface area contributed by atoms with Crippen LogP contribution in [0.1, 0.15) is 37.0 Å². The van der Waals surface area contributed by atoms with Crippen LogP contribution in [0.3, 0.4) is 0 Å². The molecule has 3 aromatic rings. The molecule has 0 aliphatic carbocycles. The van der Waals surface area contributed by atoms with Crippen molar-refractivity contribution < 1.29 is 26.0 Å². The van der Waals surface area contributed by atoms with Crippen molar-refractivity contribution in [2.24, 2.45) is 0 Å². The lowest BCUT2D eigenvalue weighted by molar-refractivity contribution is -0.137. The molecule has 0 unspecified atom stereocenters. The van der Waals surface area contributed by atoms with Crippen LogP contribution in [0.5, 0.6) is 0 Å². The normalized spacial score (nSPS) is 18.9. The Hall–Kier alpha value is -2.89. The number of halogens is 4. The first-order valence-electron chi connectivity index (χ1n) is 12.1. The Kier molecular flexibility index (Phi) is 6.57. The molecule has 0 spiro atoms. The number of H-pyrrole nitrogens is 1. The molecule has 2 aromatic carbocycles. The van der Waals surface area contributed by atoms with E-state index in [0.29, 0.717) is 31.6 Å². The summed E-state index contributed by atoms with van der Waals surface area (Å²) in [6.45, 7) is 5.17. The zero-order valence-corrected chi connectivity index (χ0v) is 21.3. The zero-order valence-electron chi connectivity index (χ0n) is 20.5. The maximum atomic E-state index is 13.5. The third kappa shape index (κ3) is 4.87. The highest BCUT2D eigenvalue weighted by Gasteiger charge is 2.40. The molecule has 1 aromatic heterocycles. The minimum atomic E-state index is -4.57. The number of hydrogen-bond acceptors (Lipinski definition) is 3. The number of nitrogens with zero attached hydrogens (tertiary/aromatic N) is 3. The lowest BCUT2D eigenvalue weighted by atomic mass is 9.99. The highest BCUT2D eigenvalue weighted by atomic mass is 32.2. The second-order valence-corrected chi connectivity index (χ2v) is 11.5. The summed E-state index contributed by atoms with van der Waals surface area (Å²) in [4.78, 5) is 5.18. The third-order valence-corrected chi connectivity index (χ3v) is 9.14. The molecule has 2 aliphatic heterocycles. The summed E-state index contributed by atoms with van der Waals surface area (Å²) in [5, 5.41) is 0.936. The highest BCUT2D eigenvalue weighted by molar-refractivity contribution is 7.90. The SMILES string of the molecule is CC(C)N1Cc2ccc(C(F)(F)F)cc2N(CCN2CC=C(c3c[nH]c4cc(F)ccc34)CC2)S1(=O)=O. The van der Waals surface area contributed by atoms with Crippen LogP contribution in [0.15, 0.2) is 48.7 Å². The molecule has 2 aliphatic rings. The summed E-state index contributed by atoms with van der Waals surface area (Å²) in [6, 6.07) is 7.61. The Labute approximate surface area is 213 Å². The van der Waals surface area contributed by atoms with Crippen molar-refractivity contribution >= 4 is 32.4 Å². The predicted molar refractivity (Wildman–Crippen MR) is 136 cm³/mol. The summed E-state index contributed by atoms with van der Waals surface area (Å²) in [7, 11) is -3.99. The lowest BCUT2D eigenvalue weighted by Crippen LogP contribution is -2.52. The highest BCUT2D eigenvalue weighted by Crippen LogP contribution is 2.38. The van der Waals surface area contributed by atoms with Gasteiger partial charge in [0.1, 0.15) is 5.82 Å². The Morgan fingerprint density at radius 2 is 1.86 bits per heavy atom. The Bertz CT molecular complexity index is 1460. The molecule has 0 bridgehead atoms.